The number of aryl methyl sites for hydroxylation is 1. The largest absolute Gasteiger partial charge is 0.340 e. The fraction of sp³-hybridized carbons (Fsp3) is 0.0476. The molecular formula is C21H16F2N4. The summed E-state index contributed by atoms with van der Waals surface area (Å²) >= 11 is 0. The van der Waals surface area contributed by atoms with Gasteiger partial charge in [-0.1, -0.05) is 6.07 Å². The molecule has 2 N–H and O–H groups in total. The summed E-state index contributed by atoms with van der Waals surface area (Å²) in [7, 11) is 0. The zero-order valence-corrected chi connectivity index (χ0v) is 14.5. The zero-order valence-electron chi connectivity index (χ0n) is 14.5. The van der Waals surface area contributed by atoms with E-state index in [4.69, 9.17) is 5.26 Å². The number of anilines is 4. The third-order valence-corrected chi connectivity index (χ3v) is 3.82. The quantitative estimate of drug-likeness (QED) is 0.572. The van der Waals surface area contributed by atoms with Crippen LogP contribution in [0, 0.1) is 29.9 Å². The highest BCUT2D eigenvalue weighted by Crippen LogP contribution is 2.24. The summed E-state index contributed by atoms with van der Waals surface area (Å²) in [5.41, 5.74) is 3.21. The molecule has 0 radical (unpaired) electrons. The number of aromatic nitrogens is 1. The second-order valence-electron chi connectivity index (χ2n) is 5.82. The van der Waals surface area contributed by atoms with Crippen molar-refractivity contribution in [3.05, 3.63) is 83.4 Å². The number of halogens is 2. The smallest absolute Gasteiger partial charge is 0.168 e. The van der Waals surface area contributed by atoms with Gasteiger partial charge in [0, 0.05) is 17.5 Å². The molecule has 0 atom stereocenters. The number of pyridine rings is 1. The fourth-order valence-electron chi connectivity index (χ4n) is 2.47. The Kier molecular flexibility index (Phi) is 5.43. The zero-order chi connectivity index (χ0) is 19.2. The molecular weight excluding hydrogens is 346 g/mol. The molecule has 4 nitrogen and oxygen atoms in total. The number of hydrogen-bond donors (Lipinski definition) is 2. The minimum atomic E-state index is -0.515. The number of rotatable bonds is 5. The Hall–Kier alpha value is -3.72. The van der Waals surface area contributed by atoms with E-state index in [0.29, 0.717) is 11.5 Å². The molecule has 0 saturated heterocycles. The van der Waals surface area contributed by atoms with Crippen LogP contribution in [0.1, 0.15) is 11.1 Å². The maximum Gasteiger partial charge on any atom is 0.168 e. The third-order valence-electron chi connectivity index (χ3n) is 3.82. The number of benzene rings is 2. The van der Waals surface area contributed by atoms with E-state index in [1.54, 1.807) is 6.08 Å². The Labute approximate surface area is 155 Å². The molecule has 1 heterocycles. The van der Waals surface area contributed by atoms with Crippen LogP contribution < -0.4 is 10.6 Å². The summed E-state index contributed by atoms with van der Waals surface area (Å²) in [5, 5.41) is 14.6. The molecule has 0 aliphatic rings. The van der Waals surface area contributed by atoms with E-state index in [-0.39, 0.29) is 11.6 Å². The highest BCUT2D eigenvalue weighted by Gasteiger charge is 2.08. The summed E-state index contributed by atoms with van der Waals surface area (Å²) in [6, 6.07) is 16.0. The molecule has 0 saturated carbocycles. The van der Waals surface area contributed by atoms with Gasteiger partial charge in [-0.15, -0.1) is 0 Å². The Morgan fingerprint density at radius 2 is 1.78 bits per heavy atom. The maximum absolute atomic E-state index is 14.1. The van der Waals surface area contributed by atoms with Crippen LogP contribution in [0.15, 0.2) is 60.7 Å². The van der Waals surface area contributed by atoms with Gasteiger partial charge in [0.05, 0.1) is 6.07 Å². The molecule has 0 bridgehead atoms. The van der Waals surface area contributed by atoms with E-state index >= 15 is 0 Å². The first-order valence-corrected chi connectivity index (χ1v) is 8.18. The molecule has 1 aromatic heterocycles. The van der Waals surface area contributed by atoms with Crippen molar-refractivity contribution in [3.63, 3.8) is 0 Å². The molecule has 3 aromatic rings. The lowest BCUT2D eigenvalue weighted by Crippen LogP contribution is -2.01. The van der Waals surface area contributed by atoms with E-state index in [1.807, 2.05) is 31.2 Å². The topological polar surface area (TPSA) is 60.7 Å². The first-order valence-electron chi connectivity index (χ1n) is 8.18. The summed E-state index contributed by atoms with van der Waals surface area (Å²) < 4.78 is 27.1. The molecule has 134 valence electrons. The summed E-state index contributed by atoms with van der Waals surface area (Å²) in [4.78, 5) is 4.25. The molecule has 0 spiro atoms. The lowest BCUT2D eigenvalue weighted by Gasteiger charge is -2.12. The number of nitrogens with zero attached hydrogens (tertiary/aromatic N) is 2. The van der Waals surface area contributed by atoms with Crippen LogP contribution in [0.3, 0.4) is 0 Å². The van der Waals surface area contributed by atoms with Crippen molar-refractivity contribution in [2.24, 2.45) is 0 Å². The summed E-state index contributed by atoms with van der Waals surface area (Å²) in [6.45, 7) is 1.92. The monoisotopic (exact) mass is 362 g/mol. The minimum Gasteiger partial charge on any atom is -0.340 e. The van der Waals surface area contributed by atoms with Crippen molar-refractivity contribution in [1.29, 1.82) is 5.26 Å². The van der Waals surface area contributed by atoms with E-state index in [0.717, 1.165) is 16.8 Å². The highest BCUT2D eigenvalue weighted by molar-refractivity contribution is 5.66. The predicted molar refractivity (Wildman–Crippen MR) is 103 cm³/mol. The first kappa shape index (κ1) is 18.1. The second-order valence-corrected chi connectivity index (χ2v) is 5.82. The number of nitrogens with one attached hydrogen (secondary N) is 2. The van der Waals surface area contributed by atoms with Crippen LogP contribution in [-0.4, -0.2) is 4.98 Å². The first-order chi connectivity index (χ1) is 13.0. The molecule has 0 unspecified atom stereocenters. The van der Waals surface area contributed by atoms with Crippen LogP contribution in [0.4, 0.5) is 31.8 Å². The van der Waals surface area contributed by atoms with Crippen LogP contribution in [0.5, 0.6) is 0 Å². The molecule has 3 rings (SSSR count). The number of allylic oxidation sites excluding steroid dienone is 1. The average Bonchev–Trinajstić information content (AvgIpc) is 2.66. The van der Waals surface area contributed by atoms with Gasteiger partial charge in [-0.25, -0.2) is 13.8 Å². The average molecular weight is 362 g/mol. The molecule has 2 aromatic carbocycles. The van der Waals surface area contributed by atoms with Crippen LogP contribution in [0.2, 0.25) is 0 Å². The number of hydrogen-bond acceptors (Lipinski definition) is 4. The SMILES string of the molecule is Cc1cc(/C=C/C#N)ccc1Nc1ccc(F)c(Nc2ccc(F)cc2)n1. The lowest BCUT2D eigenvalue weighted by molar-refractivity contribution is 0.626. The van der Waals surface area contributed by atoms with E-state index < -0.39 is 5.82 Å². The van der Waals surface area contributed by atoms with Gasteiger partial charge in [0.1, 0.15) is 11.6 Å². The lowest BCUT2D eigenvalue weighted by atomic mass is 10.1. The molecule has 0 amide bonds. The van der Waals surface area contributed by atoms with Crippen molar-refractivity contribution in [2.75, 3.05) is 10.6 Å². The number of nitriles is 1. The summed E-state index contributed by atoms with van der Waals surface area (Å²) in [5.74, 6) is -0.381. The molecule has 27 heavy (non-hydrogen) atoms. The van der Waals surface area contributed by atoms with Crippen molar-refractivity contribution < 1.29 is 8.78 Å². The van der Waals surface area contributed by atoms with E-state index in [9.17, 15) is 8.78 Å². The third kappa shape index (κ3) is 4.67. The van der Waals surface area contributed by atoms with Crippen LogP contribution >= 0.6 is 0 Å². The Bertz CT molecular complexity index is 1020. The van der Waals surface area contributed by atoms with Gasteiger partial charge < -0.3 is 10.6 Å². The Morgan fingerprint density at radius 1 is 1.00 bits per heavy atom. The maximum atomic E-state index is 14.1. The van der Waals surface area contributed by atoms with E-state index in [2.05, 4.69) is 15.6 Å². The van der Waals surface area contributed by atoms with Gasteiger partial charge in [-0.2, -0.15) is 5.26 Å². The standard InChI is InChI=1S/C21H16F2N4/c1-14-13-15(3-2-12-24)4-10-19(14)26-20-11-9-18(23)21(27-20)25-17-7-5-16(22)6-8-17/h2-11,13H,1H3,(H2,25,26,27)/b3-2+. The summed E-state index contributed by atoms with van der Waals surface area (Å²) in [6.07, 6.45) is 3.13. The van der Waals surface area contributed by atoms with Gasteiger partial charge in [-0.05, 0) is 72.7 Å². The Balaban J connectivity index is 1.81. The van der Waals surface area contributed by atoms with Gasteiger partial charge >= 0.3 is 0 Å². The second kappa shape index (κ2) is 8.11. The van der Waals surface area contributed by atoms with Gasteiger partial charge in [-0.3, -0.25) is 0 Å². The molecule has 6 heteroatoms. The van der Waals surface area contributed by atoms with Crippen LogP contribution in [0.25, 0.3) is 6.08 Å². The minimum absolute atomic E-state index is 0.0397. The normalized spacial score (nSPS) is 10.6. The van der Waals surface area contributed by atoms with Crippen molar-refractivity contribution >= 4 is 29.1 Å². The van der Waals surface area contributed by atoms with Crippen LogP contribution in [-0.2, 0) is 0 Å². The Morgan fingerprint density at radius 3 is 2.48 bits per heavy atom. The van der Waals surface area contributed by atoms with Gasteiger partial charge in [0.25, 0.3) is 0 Å². The van der Waals surface area contributed by atoms with Crippen molar-refractivity contribution in [1.82, 2.24) is 4.98 Å². The highest BCUT2D eigenvalue weighted by atomic mass is 19.1. The fourth-order valence-corrected chi connectivity index (χ4v) is 2.47. The van der Waals surface area contributed by atoms with Gasteiger partial charge in [0.2, 0.25) is 0 Å². The molecule has 0 aliphatic carbocycles. The van der Waals surface area contributed by atoms with Crippen molar-refractivity contribution in [3.8, 4) is 6.07 Å². The van der Waals surface area contributed by atoms with Crippen molar-refractivity contribution in [2.45, 2.75) is 6.92 Å². The van der Waals surface area contributed by atoms with E-state index in [1.165, 1.54) is 42.5 Å². The van der Waals surface area contributed by atoms with Gasteiger partial charge in [0.15, 0.2) is 11.6 Å². The molecule has 0 aliphatic heterocycles. The molecule has 0 fully saturated rings. The predicted octanol–water partition coefficient (Wildman–Crippen LogP) is 5.69.